The van der Waals surface area contributed by atoms with Crippen molar-refractivity contribution in [2.45, 2.75) is 0 Å². The van der Waals surface area contributed by atoms with Crippen molar-refractivity contribution in [3.05, 3.63) is 0 Å². The molecule has 4 nitrogen and oxygen atoms in total. The Labute approximate surface area is 105 Å². The van der Waals surface area contributed by atoms with Gasteiger partial charge in [-0.05, 0) is 27.0 Å². The molecule has 3 rings (SSSR count). The molecule has 0 radical (unpaired) electrons. The maximum atomic E-state index is 5.93. The van der Waals surface area contributed by atoms with Crippen LogP contribution in [0.2, 0.25) is 0 Å². The molecule has 13 heteroatoms. The molecular weight excluding hydrogens is 364 g/mol. The molecule has 76 valence electrons. The van der Waals surface area contributed by atoms with Gasteiger partial charge in [0.05, 0.1) is 11.8 Å². The van der Waals surface area contributed by atoms with Crippen LogP contribution >= 0.6 is 88.7 Å². The summed E-state index contributed by atoms with van der Waals surface area (Å²) in [6.45, 7) is 0. The zero-order valence-corrected chi connectivity index (χ0v) is 12.6. The predicted octanol–water partition coefficient (Wildman–Crippen LogP) is 6.20. The van der Waals surface area contributed by atoms with E-state index in [2.05, 4.69) is 4.52 Å². The summed E-state index contributed by atoms with van der Waals surface area (Å²) in [5.74, 6) is -2.85. The summed E-state index contributed by atoms with van der Waals surface area (Å²) in [5, 5.41) is 0. The van der Waals surface area contributed by atoms with E-state index in [-0.39, 0.29) is 0 Å². The van der Waals surface area contributed by atoms with Crippen molar-refractivity contribution in [1.29, 1.82) is 0 Å². The predicted molar refractivity (Wildman–Crippen MR) is 63.1 cm³/mol. The number of rotatable bonds is 0. The number of hydrogen-bond donors (Lipinski definition) is 0. The fourth-order valence-corrected chi connectivity index (χ4v) is 20.4. The fourth-order valence-electron chi connectivity index (χ4n) is 0.740. The summed E-state index contributed by atoms with van der Waals surface area (Å²) in [4.78, 5) is 0. The largest absolute Gasteiger partial charge is 0.548 e. The standard InChI is InChI=1S/Cl6N3OP3/c1-8-11(3,4)7-12(5)9(2)13(8,6)10-12/q+2. The summed E-state index contributed by atoms with van der Waals surface area (Å²) < 4.78 is 11.0. The van der Waals surface area contributed by atoms with Crippen LogP contribution in [-0.2, 0) is 4.31 Å². The first kappa shape index (κ1) is 12.2. The molecule has 2 bridgehead atoms. The van der Waals surface area contributed by atoms with E-state index >= 15 is 0 Å². The summed E-state index contributed by atoms with van der Waals surface area (Å²) in [5.41, 5.74) is 0. The summed E-state index contributed by atoms with van der Waals surface area (Å²) in [7, 11) is -5.52. The zero-order valence-electron chi connectivity index (χ0n) is 5.36. The van der Waals surface area contributed by atoms with Crippen molar-refractivity contribution in [2.24, 2.45) is 4.52 Å². The first-order chi connectivity index (χ1) is 5.72. The second-order valence-corrected chi connectivity index (χ2v) is 16.1. The van der Waals surface area contributed by atoms with Crippen LogP contribution in [0.3, 0.4) is 0 Å². The van der Waals surface area contributed by atoms with Crippen LogP contribution in [-0.4, -0.2) is 7.92 Å². The van der Waals surface area contributed by atoms with Gasteiger partial charge in [-0.15, -0.1) is 0 Å². The van der Waals surface area contributed by atoms with Gasteiger partial charge in [-0.2, -0.15) is 0 Å². The molecule has 2 atom stereocenters. The molecule has 1 saturated heterocycles. The van der Waals surface area contributed by atoms with Crippen LogP contribution in [0.5, 0.6) is 0 Å². The fraction of sp³-hybridized carbons (Fsp3) is 0. The quantitative estimate of drug-likeness (QED) is 0.379. The third-order valence-corrected chi connectivity index (χ3v) is 19.7. The average Bonchev–Trinajstić information content (AvgIpc) is 1.98. The molecule has 0 spiro atoms. The molecule has 1 fully saturated rings. The molecule has 0 saturated carbocycles. The van der Waals surface area contributed by atoms with Crippen molar-refractivity contribution in [3.8, 4) is 0 Å². The highest BCUT2D eigenvalue weighted by atomic mass is 35.9. The molecule has 2 unspecified atom stereocenters. The van der Waals surface area contributed by atoms with Crippen molar-refractivity contribution in [3.63, 3.8) is 0 Å². The molecule has 0 amide bonds. The van der Waals surface area contributed by atoms with Gasteiger partial charge in [0.15, 0.2) is 26.4 Å². The highest BCUT2D eigenvalue weighted by molar-refractivity contribution is 8.27. The van der Waals surface area contributed by atoms with E-state index in [1.165, 1.54) is 0 Å². The Morgan fingerprint density at radius 1 is 1.23 bits per heavy atom. The molecule has 0 aromatic rings. The van der Waals surface area contributed by atoms with Crippen molar-refractivity contribution in [1.82, 2.24) is 7.92 Å². The lowest BCUT2D eigenvalue weighted by Gasteiger charge is -2.37. The molecule has 13 heavy (non-hydrogen) atoms. The van der Waals surface area contributed by atoms with Gasteiger partial charge in [0.1, 0.15) is 0 Å². The average molecular weight is 364 g/mol. The topological polar surface area (TPSA) is 28.1 Å². The van der Waals surface area contributed by atoms with E-state index in [9.17, 15) is 0 Å². The molecule has 3 aliphatic heterocycles. The van der Waals surface area contributed by atoms with Gasteiger partial charge in [-0.1, -0.05) is 0 Å². The molecule has 0 aromatic heterocycles. The minimum Gasteiger partial charge on any atom is -0.0362 e. The van der Waals surface area contributed by atoms with Gasteiger partial charge in [-0.25, -0.2) is 0 Å². The molecule has 0 N–H and O–H groups in total. The van der Waals surface area contributed by atoms with Crippen LogP contribution in [0.1, 0.15) is 0 Å². The summed E-state index contributed by atoms with van der Waals surface area (Å²) in [6.07, 6.45) is 0. The first-order valence-corrected chi connectivity index (χ1v) is 11.8. The summed E-state index contributed by atoms with van der Waals surface area (Å²) >= 11 is 34.9. The lowest BCUT2D eigenvalue weighted by molar-refractivity contribution is 0.524. The maximum absolute atomic E-state index is 5.93. The van der Waals surface area contributed by atoms with Gasteiger partial charge in [0.2, 0.25) is 0 Å². The maximum Gasteiger partial charge on any atom is 0.548 e. The highest BCUT2D eigenvalue weighted by Gasteiger charge is 2.94. The molecular formula is Cl6N3OP3+2. The zero-order chi connectivity index (χ0) is 10.1. The Bertz CT molecular complexity index is 316. The van der Waals surface area contributed by atoms with E-state index < -0.39 is 20.2 Å². The molecule has 3 heterocycles. The normalized spacial score (nSPS) is 49.7. The van der Waals surface area contributed by atoms with E-state index in [0.29, 0.717) is 0 Å². The summed E-state index contributed by atoms with van der Waals surface area (Å²) in [6, 6.07) is 0. The van der Waals surface area contributed by atoms with E-state index in [0.717, 1.165) is 7.92 Å². The number of nitrogens with zero attached hydrogens (tertiary/aromatic N) is 3. The smallest absolute Gasteiger partial charge is 0.0362 e. The van der Waals surface area contributed by atoms with Gasteiger partial charge < -0.3 is 0 Å². The van der Waals surface area contributed by atoms with Crippen LogP contribution < -0.4 is 0 Å². The first-order valence-electron chi connectivity index (χ1n) is 2.58. The SMILES string of the molecule is ClN1P(Cl)(Cl)=N[P+]2(Cl)O[P+]1(Cl)N2Cl. The van der Waals surface area contributed by atoms with Crippen LogP contribution in [0.25, 0.3) is 0 Å². The van der Waals surface area contributed by atoms with E-state index in [1.54, 1.807) is 0 Å². The van der Waals surface area contributed by atoms with Gasteiger partial charge in [0.25, 0.3) is 0 Å². The van der Waals surface area contributed by atoms with Crippen molar-refractivity contribution < 1.29 is 4.31 Å². The molecule has 0 aromatic carbocycles. The lowest BCUT2D eigenvalue weighted by atomic mass is 13.7. The van der Waals surface area contributed by atoms with Crippen molar-refractivity contribution in [2.75, 3.05) is 0 Å². The van der Waals surface area contributed by atoms with Crippen molar-refractivity contribution >= 4 is 88.7 Å². The van der Waals surface area contributed by atoms with Crippen LogP contribution in [0, 0.1) is 0 Å². The Balaban J connectivity index is 2.53. The Morgan fingerprint density at radius 3 is 2.23 bits per heavy atom. The third-order valence-electron chi connectivity index (χ3n) is 1.23. The minimum atomic E-state index is -2.85. The number of hydrogen-bond acceptors (Lipinski definition) is 4. The van der Waals surface area contributed by atoms with Gasteiger partial charge in [0, 0.05) is 20.0 Å². The molecule has 0 aliphatic carbocycles. The Morgan fingerprint density at radius 2 is 1.77 bits per heavy atom. The Kier molecular flexibility index (Phi) is 3.14. The Hall–Kier alpha value is 2.71. The second kappa shape index (κ2) is 3.35. The lowest BCUT2D eigenvalue weighted by Crippen LogP contribution is -2.31. The highest BCUT2D eigenvalue weighted by Crippen LogP contribution is 3.10. The van der Waals surface area contributed by atoms with Gasteiger partial charge >= 0.3 is 20.2 Å². The van der Waals surface area contributed by atoms with E-state index in [4.69, 9.17) is 72.8 Å². The minimum absolute atomic E-state index is 0.946. The molecule has 3 aliphatic rings. The van der Waals surface area contributed by atoms with Gasteiger partial charge in [-0.3, -0.25) is 0 Å². The van der Waals surface area contributed by atoms with Crippen LogP contribution in [0.4, 0.5) is 0 Å². The number of fused-ring (bicyclic) bond motifs is 1. The monoisotopic (exact) mass is 361 g/mol. The van der Waals surface area contributed by atoms with Crippen LogP contribution in [0.15, 0.2) is 4.52 Å². The third kappa shape index (κ3) is 1.59. The second-order valence-electron chi connectivity index (χ2n) is 2.05. The number of halogens is 6. The van der Waals surface area contributed by atoms with E-state index in [1.807, 2.05) is 0 Å².